The quantitative estimate of drug-likeness (QED) is 0.648. The van der Waals surface area contributed by atoms with Crippen molar-refractivity contribution < 1.29 is 9.72 Å². The fourth-order valence-electron chi connectivity index (χ4n) is 1.35. The third-order valence-electron chi connectivity index (χ3n) is 2.04. The summed E-state index contributed by atoms with van der Waals surface area (Å²) in [7, 11) is 0. The molecule has 98 valence electrons. The van der Waals surface area contributed by atoms with Crippen molar-refractivity contribution in [1.29, 1.82) is 0 Å². The fraction of sp³-hybridized carbons (Fsp3) is 0.364. The molecule has 18 heavy (non-hydrogen) atoms. The van der Waals surface area contributed by atoms with Crippen molar-refractivity contribution in [2.75, 3.05) is 5.32 Å². The summed E-state index contributed by atoms with van der Waals surface area (Å²) in [6.45, 7) is 3.44. The van der Waals surface area contributed by atoms with Gasteiger partial charge in [-0.15, -0.1) is 0 Å². The predicted molar refractivity (Wildman–Crippen MR) is 69.6 cm³/mol. The van der Waals surface area contributed by atoms with Crippen LogP contribution in [0, 0.1) is 10.1 Å². The number of benzene rings is 1. The van der Waals surface area contributed by atoms with Crippen LogP contribution in [-0.4, -0.2) is 16.4 Å². The number of carbonyl (C=O) groups is 1. The Balaban J connectivity index is 2.83. The molecule has 0 saturated heterocycles. The molecule has 0 saturated carbocycles. The summed E-state index contributed by atoms with van der Waals surface area (Å²) in [5.74, 6) is -0.306. The first-order chi connectivity index (χ1) is 8.19. The number of nitro benzene ring substituents is 1. The van der Waals surface area contributed by atoms with E-state index in [-0.39, 0.29) is 23.0 Å². The second-order valence-corrected chi connectivity index (χ2v) is 5.04. The lowest BCUT2D eigenvalue weighted by Gasteiger charge is -2.17. The van der Waals surface area contributed by atoms with E-state index in [0.29, 0.717) is 5.69 Å². The predicted octanol–water partition coefficient (Wildman–Crippen LogP) is 2.31. The molecule has 6 nitrogen and oxygen atoms in total. The summed E-state index contributed by atoms with van der Waals surface area (Å²) in [6.07, 6.45) is 0.115. The number of carbonyl (C=O) groups excluding carboxylic acids is 1. The zero-order chi connectivity index (χ0) is 13.9. The monoisotopic (exact) mass is 271 g/mol. The first-order valence-electron chi connectivity index (χ1n) is 5.22. The van der Waals surface area contributed by atoms with Gasteiger partial charge in [0.1, 0.15) is 5.02 Å². The minimum atomic E-state index is -0.636. The summed E-state index contributed by atoms with van der Waals surface area (Å²) in [5.41, 5.74) is 5.14. The minimum Gasteiger partial charge on any atom is -0.326 e. The number of nitrogens with one attached hydrogen (secondary N) is 1. The Morgan fingerprint density at radius 1 is 1.56 bits per heavy atom. The molecule has 1 aromatic rings. The van der Waals surface area contributed by atoms with Crippen LogP contribution in [0.15, 0.2) is 18.2 Å². The molecule has 0 aliphatic rings. The van der Waals surface area contributed by atoms with Gasteiger partial charge >= 0.3 is 0 Å². The molecule has 0 aromatic heterocycles. The molecule has 0 spiro atoms. The highest BCUT2D eigenvalue weighted by atomic mass is 35.5. The van der Waals surface area contributed by atoms with Gasteiger partial charge in [0.2, 0.25) is 5.91 Å². The van der Waals surface area contributed by atoms with E-state index in [2.05, 4.69) is 5.32 Å². The summed E-state index contributed by atoms with van der Waals surface area (Å²) in [6, 6.07) is 4.07. The second-order valence-electron chi connectivity index (χ2n) is 4.64. The number of amides is 1. The van der Waals surface area contributed by atoms with Crippen molar-refractivity contribution >= 4 is 28.9 Å². The molecule has 0 radical (unpaired) electrons. The smallest absolute Gasteiger partial charge is 0.289 e. The minimum absolute atomic E-state index is 0.0251. The second kappa shape index (κ2) is 5.32. The van der Waals surface area contributed by atoms with E-state index >= 15 is 0 Å². The summed E-state index contributed by atoms with van der Waals surface area (Å²) in [5, 5.41) is 13.2. The van der Waals surface area contributed by atoms with Crippen LogP contribution in [-0.2, 0) is 4.79 Å². The zero-order valence-electron chi connectivity index (χ0n) is 10.1. The van der Waals surface area contributed by atoms with E-state index < -0.39 is 10.5 Å². The van der Waals surface area contributed by atoms with Gasteiger partial charge in [0.25, 0.3) is 5.69 Å². The van der Waals surface area contributed by atoms with Crippen LogP contribution in [0.25, 0.3) is 0 Å². The molecule has 0 aliphatic heterocycles. The number of nitrogens with zero attached hydrogens (tertiary/aromatic N) is 1. The molecule has 3 N–H and O–H groups in total. The molecular formula is C11H14ClN3O3. The Morgan fingerprint density at radius 3 is 2.67 bits per heavy atom. The van der Waals surface area contributed by atoms with Crippen molar-refractivity contribution in [3.05, 3.63) is 33.3 Å². The Kier molecular flexibility index (Phi) is 4.26. The number of anilines is 1. The first-order valence-corrected chi connectivity index (χ1v) is 5.59. The van der Waals surface area contributed by atoms with E-state index in [9.17, 15) is 14.9 Å². The van der Waals surface area contributed by atoms with Crippen molar-refractivity contribution in [2.45, 2.75) is 25.8 Å². The van der Waals surface area contributed by atoms with Crippen LogP contribution in [0.3, 0.4) is 0 Å². The molecular weight excluding hydrogens is 258 g/mol. The SMILES string of the molecule is CC(C)(N)CC(=O)Nc1ccc(Cl)c([N+](=O)[O-])c1. The molecule has 0 atom stereocenters. The van der Waals surface area contributed by atoms with Crippen molar-refractivity contribution in [1.82, 2.24) is 0 Å². The van der Waals surface area contributed by atoms with E-state index in [1.165, 1.54) is 18.2 Å². The Bertz CT molecular complexity index is 483. The number of rotatable bonds is 4. The van der Waals surface area contributed by atoms with Gasteiger partial charge in [-0.1, -0.05) is 11.6 Å². The molecule has 0 bridgehead atoms. The van der Waals surface area contributed by atoms with E-state index in [1.54, 1.807) is 13.8 Å². The van der Waals surface area contributed by atoms with Crippen LogP contribution in [0.5, 0.6) is 0 Å². The lowest BCUT2D eigenvalue weighted by molar-refractivity contribution is -0.384. The molecule has 1 rings (SSSR count). The normalized spacial score (nSPS) is 11.1. The number of halogens is 1. The van der Waals surface area contributed by atoms with Crippen LogP contribution >= 0.6 is 11.6 Å². The zero-order valence-corrected chi connectivity index (χ0v) is 10.8. The third-order valence-corrected chi connectivity index (χ3v) is 2.36. The van der Waals surface area contributed by atoms with Gasteiger partial charge in [0.05, 0.1) is 4.92 Å². The lowest BCUT2D eigenvalue weighted by Crippen LogP contribution is -2.36. The number of nitro groups is 1. The van der Waals surface area contributed by atoms with Gasteiger partial charge in [0, 0.05) is 23.7 Å². The molecule has 0 fully saturated rings. The van der Waals surface area contributed by atoms with Crippen molar-refractivity contribution in [2.24, 2.45) is 5.73 Å². The fourth-order valence-corrected chi connectivity index (χ4v) is 1.54. The van der Waals surface area contributed by atoms with Crippen LogP contribution in [0.2, 0.25) is 5.02 Å². The number of hydrogen-bond donors (Lipinski definition) is 2. The van der Waals surface area contributed by atoms with E-state index in [0.717, 1.165) is 0 Å². The van der Waals surface area contributed by atoms with E-state index in [4.69, 9.17) is 17.3 Å². The Morgan fingerprint density at radius 2 is 2.17 bits per heavy atom. The Hall–Kier alpha value is -1.66. The number of hydrogen-bond acceptors (Lipinski definition) is 4. The van der Waals surface area contributed by atoms with Crippen LogP contribution in [0.4, 0.5) is 11.4 Å². The van der Waals surface area contributed by atoms with Gasteiger partial charge in [0.15, 0.2) is 0 Å². The molecule has 1 amide bonds. The summed E-state index contributed by atoms with van der Waals surface area (Å²) >= 11 is 5.66. The summed E-state index contributed by atoms with van der Waals surface area (Å²) in [4.78, 5) is 21.7. The first kappa shape index (κ1) is 14.4. The maximum atomic E-state index is 11.6. The van der Waals surface area contributed by atoms with E-state index in [1.807, 2.05) is 0 Å². The maximum Gasteiger partial charge on any atom is 0.289 e. The van der Waals surface area contributed by atoms with Crippen molar-refractivity contribution in [3.8, 4) is 0 Å². The van der Waals surface area contributed by atoms with Gasteiger partial charge in [-0.2, -0.15) is 0 Å². The molecule has 0 aliphatic carbocycles. The highest BCUT2D eigenvalue weighted by molar-refractivity contribution is 6.32. The summed E-state index contributed by atoms with van der Waals surface area (Å²) < 4.78 is 0. The molecule has 1 aromatic carbocycles. The van der Waals surface area contributed by atoms with Crippen LogP contribution < -0.4 is 11.1 Å². The van der Waals surface area contributed by atoms with Gasteiger partial charge < -0.3 is 11.1 Å². The largest absolute Gasteiger partial charge is 0.326 e. The molecule has 7 heteroatoms. The average Bonchev–Trinajstić information content (AvgIpc) is 2.17. The average molecular weight is 272 g/mol. The third kappa shape index (κ3) is 4.31. The van der Waals surface area contributed by atoms with Gasteiger partial charge in [-0.3, -0.25) is 14.9 Å². The van der Waals surface area contributed by atoms with Crippen LogP contribution in [0.1, 0.15) is 20.3 Å². The highest BCUT2D eigenvalue weighted by Gasteiger charge is 2.18. The highest BCUT2D eigenvalue weighted by Crippen LogP contribution is 2.27. The molecule has 0 heterocycles. The lowest BCUT2D eigenvalue weighted by atomic mass is 10.0. The topological polar surface area (TPSA) is 98.3 Å². The van der Waals surface area contributed by atoms with Crippen molar-refractivity contribution in [3.63, 3.8) is 0 Å². The standard InChI is InChI=1S/C11H14ClN3O3/c1-11(2,13)6-10(16)14-7-3-4-8(12)9(5-7)15(17)18/h3-5H,6,13H2,1-2H3,(H,14,16). The maximum absolute atomic E-state index is 11.6. The number of nitrogens with two attached hydrogens (primary N) is 1. The Labute approximate surface area is 109 Å². The van der Waals surface area contributed by atoms with Gasteiger partial charge in [-0.05, 0) is 26.0 Å². The van der Waals surface area contributed by atoms with Gasteiger partial charge in [-0.25, -0.2) is 0 Å². The molecule has 0 unspecified atom stereocenters.